The van der Waals surface area contributed by atoms with Gasteiger partial charge in [0.15, 0.2) is 0 Å². The van der Waals surface area contributed by atoms with Crippen molar-refractivity contribution in [1.29, 1.82) is 0 Å². The zero-order valence-corrected chi connectivity index (χ0v) is 20.1. The van der Waals surface area contributed by atoms with Crippen LogP contribution in [-0.2, 0) is 5.67 Å². The Balaban J connectivity index is 1.42. The van der Waals surface area contributed by atoms with E-state index in [1.165, 1.54) is 13.8 Å². The third-order valence-corrected chi connectivity index (χ3v) is 6.45. The summed E-state index contributed by atoms with van der Waals surface area (Å²) in [6.45, 7) is 9.25. The number of pyridine rings is 1. The molecule has 1 fully saturated rings. The van der Waals surface area contributed by atoms with E-state index in [1.807, 2.05) is 31.2 Å². The van der Waals surface area contributed by atoms with Gasteiger partial charge in [-0.25, -0.2) is 9.37 Å². The van der Waals surface area contributed by atoms with E-state index in [0.29, 0.717) is 17.3 Å². The van der Waals surface area contributed by atoms with E-state index in [4.69, 9.17) is 0 Å². The first-order chi connectivity index (χ1) is 15.6. The molecule has 6 nitrogen and oxygen atoms in total. The van der Waals surface area contributed by atoms with Crippen molar-refractivity contribution in [1.82, 2.24) is 20.5 Å². The Kier molecular flexibility index (Phi) is 6.41. The lowest BCUT2D eigenvalue weighted by Gasteiger charge is -2.31. The summed E-state index contributed by atoms with van der Waals surface area (Å²) in [7, 11) is 0. The smallest absolute Gasteiger partial charge is 0.271 e. The maximum Gasteiger partial charge on any atom is 0.271 e. The van der Waals surface area contributed by atoms with Crippen LogP contribution in [0.25, 0.3) is 10.9 Å². The van der Waals surface area contributed by atoms with Crippen LogP contribution in [0.5, 0.6) is 0 Å². The zero-order chi connectivity index (χ0) is 23.8. The van der Waals surface area contributed by atoms with Crippen molar-refractivity contribution in [2.45, 2.75) is 84.0 Å². The van der Waals surface area contributed by atoms with Crippen LogP contribution in [0, 0.1) is 6.92 Å². The molecule has 2 heterocycles. The molecule has 2 aromatic heterocycles. The first-order valence-corrected chi connectivity index (χ1v) is 11.8. The normalized spacial score (nSPS) is 19.1. The average Bonchev–Trinajstić information content (AvgIpc) is 3.25. The van der Waals surface area contributed by atoms with Crippen LogP contribution in [-0.4, -0.2) is 33.2 Å². The molecular formula is C26H34FN5O. The number of H-pyrrole nitrogens is 1. The SMILES string of the molecule is Cc1ccc2nc(C(C)(C)F)cc(NC3CCC(NC(=O)c4cc(C(C)C)[nH]n4)CC3)c2c1. The third-order valence-electron chi connectivity index (χ3n) is 6.45. The molecule has 33 heavy (non-hydrogen) atoms. The van der Waals surface area contributed by atoms with Crippen molar-refractivity contribution in [3.8, 4) is 0 Å². The number of benzene rings is 1. The molecule has 176 valence electrons. The van der Waals surface area contributed by atoms with Gasteiger partial charge in [0.05, 0.1) is 11.2 Å². The number of aromatic nitrogens is 3. The lowest BCUT2D eigenvalue weighted by atomic mass is 9.90. The number of anilines is 1. The highest BCUT2D eigenvalue weighted by molar-refractivity contribution is 5.93. The second-order valence-corrected chi connectivity index (χ2v) is 10.1. The summed E-state index contributed by atoms with van der Waals surface area (Å²) < 4.78 is 14.7. The van der Waals surface area contributed by atoms with E-state index in [0.717, 1.165) is 53.5 Å². The molecule has 0 radical (unpaired) electrons. The van der Waals surface area contributed by atoms with Gasteiger partial charge >= 0.3 is 0 Å². The van der Waals surface area contributed by atoms with Crippen LogP contribution in [0.3, 0.4) is 0 Å². The number of carbonyl (C=O) groups excluding carboxylic acids is 1. The standard InChI is InChI=1S/C26H34FN5O/c1-15(2)21-13-23(32-31-21)25(33)29-18-9-7-17(8-10-18)28-22-14-24(26(4,5)27)30-20-11-6-16(3)12-19(20)22/h6,11-15,17-18H,7-10H2,1-5H3,(H,28,30)(H,29,33)(H,31,32). The van der Waals surface area contributed by atoms with E-state index >= 15 is 0 Å². The van der Waals surface area contributed by atoms with Gasteiger partial charge in [0.25, 0.3) is 5.91 Å². The molecule has 1 amide bonds. The van der Waals surface area contributed by atoms with Crippen molar-refractivity contribution >= 4 is 22.5 Å². The summed E-state index contributed by atoms with van der Waals surface area (Å²) in [5.41, 5.74) is 3.19. The molecule has 0 aliphatic heterocycles. The number of carbonyl (C=O) groups is 1. The molecule has 3 aromatic rings. The number of alkyl halides is 1. The molecule has 0 unspecified atom stereocenters. The molecule has 0 atom stereocenters. The van der Waals surface area contributed by atoms with Gasteiger partial charge < -0.3 is 10.6 Å². The Morgan fingerprint density at radius 3 is 2.45 bits per heavy atom. The molecule has 0 saturated heterocycles. The summed E-state index contributed by atoms with van der Waals surface area (Å²) in [4.78, 5) is 17.1. The van der Waals surface area contributed by atoms with E-state index < -0.39 is 5.67 Å². The fraction of sp³-hybridized carbons (Fsp3) is 0.500. The lowest BCUT2D eigenvalue weighted by Crippen LogP contribution is -2.40. The minimum Gasteiger partial charge on any atom is -0.382 e. The van der Waals surface area contributed by atoms with Gasteiger partial charge in [0.2, 0.25) is 0 Å². The minimum absolute atomic E-state index is 0.125. The van der Waals surface area contributed by atoms with Gasteiger partial charge in [0, 0.05) is 28.9 Å². The maximum atomic E-state index is 14.7. The number of hydrogen-bond donors (Lipinski definition) is 3. The maximum absolute atomic E-state index is 14.7. The Bertz CT molecular complexity index is 1140. The van der Waals surface area contributed by atoms with Gasteiger partial charge in [-0.1, -0.05) is 25.5 Å². The largest absolute Gasteiger partial charge is 0.382 e. The highest BCUT2D eigenvalue weighted by atomic mass is 19.1. The van der Waals surface area contributed by atoms with Crippen molar-refractivity contribution in [2.75, 3.05) is 5.32 Å². The van der Waals surface area contributed by atoms with Crippen LogP contribution < -0.4 is 10.6 Å². The van der Waals surface area contributed by atoms with Crippen LogP contribution in [0.1, 0.15) is 86.7 Å². The van der Waals surface area contributed by atoms with E-state index in [1.54, 1.807) is 0 Å². The van der Waals surface area contributed by atoms with Crippen molar-refractivity contribution in [3.63, 3.8) is 0 Å². The summed E-state index contributed by atoms with van der Waals surface area (Å²) in [5, 5.41) is 14.9. The quantitative estimate of drug-likeness (QED) is 0.446. The van der Waals surface area contributed by atoms with Gasteiger partial charge in [-0.05, 0) is 76.6 Å². The Labute approximate surface area is 194 Å². The van der Waals surface area contributed by atoms with Crippen LogP contribution >= 0.6 is 0 Å². The lowest BCUT2D eigenvalue weighted by molar-refractivity contribution is 0.0921. The number of fused-ring (bicyclic) bond motifs is 1. The number of hydrogen-bond acceptors (Lipinski definition) is 4. The second kappa shape index (κ2) is 9.12. The van der Waals surface area contributed by atoms with Gasteiger partial charge in [0.1, 0.15) is 11.4 Å². The average molecular weight is 452 g/mol. The number of halogens is 1. The van der Waals surface area contributed by atoms with Crippen molar-refractivity contribution < 1.29 is 9.18 Å². The van der Waals surface area contributed by atoms with Gasteiger partial charge in [-0.15, -0.1) is 0 Å². The number of aryl methyl sites for hydroxylation is 1. The predicted octanol–water partition coefficient (Wildman–Crippen LogP) is 5.75. The van der Waals surface area contributed by atoms with Crippen molar-refractivity contribution in [3.05, 3.63) is 53.0 Å². The number of amides is 1. The van der Waals surface area contributed by atoms with E-state index in [2.05, 4.69) is 45.7 Å². The molecule has 1 aromatic carbocycles. The molecule has 0 bridgehead atoms. The molecule has 3 N–H and O–H groups in total. The Morgan fingerprint density at radius 1 is 1.12 bits per heavy atom. The first kappa shape index (κ1) is 23.2. The number of nitrogens with one attached hydrogen (secondary N) is 3. The van der Waals surface area contributed by atoms with Crippen molar-refractivity contribution in [2.24, 2.45) is 0 Å². The molecule has 4 rings (SSSR count). The van der Waals surface area contributed by atoms with Crippen LogP contribution in [0.4, 0.5) is 10.1 Å². The predicted molar refractivity (Wildman–Crippen MR) is 130 cm³/mol. The molecule has 1 aliphatic rings. The minimum atomic E-state index is -1.51. The summed E-state index contributed by atoms with van der Waals surface area (Å²) in [5.74, 6) is 0.178. The Morgan fingerprint density at radius 2 is 1.82 bits per heavy atom. The number of nitrogens with zero attached hydrogens (tertiary/aromatic N) is 2. The third kappa shape index (κ3) is 5.34. The molecule has 1 aliphatic carbocycles. The summed E-state index contributed by atoms with van der Waals surface area (Å²) in [6, 6.07) is 10.1. The molecule has 1 saturated carbocycles. The fourth-order valence-electron chi connectivity index (χ4n) is 4.37. The topological polar surface area (TPSA) is 82.7 Å². The van der Waals surface area contributed by atoms with Crippen LogP contribution in [0.2, 0.25) is 0 Å². The van der Waals surface area contributed by atoms with E-state index in [-0.39, 0.29) is 18.0 Å². The van der Waals surface area contributed by atoms with Gasteiger partial charge in [-0.3, -0.25) is 9.89 Å². The van der Waals surface area contributed by atoms with Crippen LogP contribution in [0.15, 0.2) is 30.3 Å². The summed E-state index contributed by atoms with van der Waals surface area (Å²) in [6.07, 6.45) is 3.61. The Hall–Kier alpha value is -2.96. The summed E-state index contributed by atoms with van der Waals surface area (Å²) >= 11 is 0. The van der Waals surface area contributed by atoms with E-state index in [9.17, 15) is 9.18 Å². The molecule has 0 spiro atoms. The zero-order valence-electron chi connectivity index (χ0n) is 20.1. The fourth-order valence-corrected chi connectivity index (χ4v) is 4.37. The molecular weight excluding hydrogens is 417 g/mol. The highest BCUT2D eigenvalue weighted by Crippen LogP contribution is 2.33. The number of aromatic amines is 1. The molecule has 7 heteroatoms. The first-order valence-electron chi connectivity index (χ1n) is 11.8. The number of rotatable bonds is 6. The van der Waals surface area contributed by atoms with Gasteiger partial charge in [-0.2, -0.15) is 5.10 Å². The highest BCUT2D eigenvalue weighted by Gasteiger charge is 2.26. The monoisotopic (exact) mass is 451 g/mol. The second-order valence-electron chi connectivity index (χ2n) is 10.1.